The lowest BCUT2D eigenvalue weighted by Crippen LogP contribution is -2.29. The predicted octanol–water partition coefficient (Wildman–Crippen LogP) is 12.0. The van der Waals surface area contributed by atoms with Gasteiger partial charge in [-0.15, -0.1) is 0 Å². The van der Waals surface area contributed by atoms with Crippen molar-refractivity contribution in [2.75, 3.05) is 13.2 Å². The SMILES string of the molecule is CCCCCCCCC=CCCCCCCCC(=O)C(CN)COC(=O)CCCCCCCCCCCCCCCCC. The van der Waals surface area contributed by atoms with Crippen LogP contribution in [0, 0.1) is 5.92 Å². The Morgan fingerprint density at radius 1 is 0.512 bits per heavy atom. The van der Waals surface area contributed by atoms with Gasteiger partial charge >= 0.3 is 5.97 Å². The fourth-order valence-electron chi connectivity index (χ4n) is 5.77. The third kappa shape index (κ3) is 32.1. The largest absolute Gasteiger partial charge is 0.465 e. The van der Waals surface area contributed by atoms with Gasteiger partial charge in [0.1, 0.15) is 12.4 Å². The molecule has 0 aromatic heterocycles. The molecular weight excluding hydrogens is 530 g/mol. The average Bonchev–Trinajstić information content (AvgIpc) is 3.01. The van der Waals surface area contributed by atoms with Gasteiger partial charge in [0.2, 0.25) is 0 Å². The van der Waals surface area contributed by atoms with Crippen molar-refractivity contribution in [2.24, 2.45) is 11.7 Å². The normalized spacial score (nSPS) is 12.3. The molecule has 1 unspecified atom stereocenters. The van der Waals surface area contributed by atoms with E-state index in [1.165, 1.54) is 154 Å². The van der Waals surface area contributed by atoms with Crippen molar-refractivity contribution in [1.29, 1.82) is 0 Å². The maximum absolute atomic E-state index is 12.5. The summed E-state index contributed by atoms with van der Waals surface area (Å²) in [5.41, 5.74) is 5.83. The molecule has 0 heterocycles. The first kappa shape index (κ1) is 41.8. The number of nitrogens with two attached hydrogens (primary N) is 1. The maximum Gasteiger partial charge on any atom is 0.305 e. The van der Waals surface area contributed by atoms with E-state index in [9.17, 15) is 9.59 Å². The van der Waals surface area contributed by atoms with E-state index in [2.05, 4.69) is 26.0 Å². The Bertz CT molecular complexity index is 618. The predicted molar refractivity (Wildman–Crippen MR) is 188 cm³/mol. The molecule has 0 fully saturated rings. The summed E-state index contributed by atoms with van der Waals surface area (Å²) >= 11 is 0. The van der Waals surface area contributed by atoms with Gasteiger partial charge in [-0.05, 0) is 38.5 Å². The van der Waals surface area contributed by atoms with Crippen LogP contribution < -0.4 is 5.73 Å². The van der Waals surface area contributed by atoms with Crippen molar-refractivity contribution >= 4 is 11.8 Å². The second kappa shape index (κ2) is 35.3. The molecule has 0 spiro atoms. The van der Waals surface area contributed by atoms with Crippen LogP contribution in [0.5, 0.6) is 0 Å². The molecule has 0 aromatic rings. The van der Waals surface area contributed by atoms with Crippen molar-refractivity contribution < 1.29 is 14.3 Å². The minimum absolute atomic E-state index is 0.151. The van der Waals surface area contributed by atoms with Crippen molar-refractivity contribution in [1.82, 2.24) is 0 Å². The summed E-state index contributed by atoms with van der Waals surface area (Å²) in [6.45, 7) is 4.95. The molecule has 0 aliphatic rings. The van der Waals surface area contributed by atoms with Gasteiger partial charge in [0.15, 0.2) is 0 Å². The highest BCUT2D eigenvalue weighted by atomic mass is 16.5. The molecule has 254 valence electrons. The van der Waals surface area contributed by atoms with Crippen molar-refractivity contribution in [3.05, 3.63) is 12.2 Å². The quantitative estimate of drug-likeness (QED) is 0.0443. The average molecular weight is 606 g/mol. The fourth-order valence-corrected chi connectivity index (χ4v) is 5.77. The Kier molecular flexibility index (Phi) is 34.4. The van der Waals surface area contributed by atoms with Crippen LogP contribution in [0.2, 0.25) is 0 Å². The van der Waals surface area contributed by atoms with Gasteiger partial charge in [-0.25, -0.2) is 0 Å². The van der Waals surface area contributed by atoms with Gasteiger partial charge in [-0.1, -0.05) is 167 Å². The summed E-state index contributed by atoms with van der Waals surface area (Å²) in [4.78, 5) is 24.7. The number of carbonyl (C=O) groups is 2. The highest BCUT2D eigenvalue weighted by molar-refractivity contribution is 5.81. The zero-order chi connectivity index (χ0) is 31.5. The van der Waals surface area contributed by atoms with Crippen LogP contribution in [0.3, 0.4) is 0 Å². The molecule has 43 heavy (non-hydrogen) atoms. The lowest BCUT2D eigenvalue weighted by Gasteiger charge is -2.14. The standard InChI is InChI=1S/C39H75NO3/c1-3-5-7-9-11-13-15-17-19-21-23-25-27-29-31-33-38(41)37(35-40)36-43-39(42)34-32-30-28-26-24-22-20-18-16-14-12-10-8-6-4-2/h17,19,37H,3-16,18,20-36,40H2,1-2H3. The Labute approximate surface area is 269 Å². The molecule has 0 aromatic carbocycles. The number of hydrogen-bond acceptors (Lipinski definition) is 4. The highest BCUT2D eigenvalue weighted by Crippen LogP contribution is 2.15. The lowest BCUT2D eigenvalue weighted by molar-refractivity contribution is -0.146. The van der Waals surface area contributed by atoms with Crippen LogP contribution in [0.25, 0.3) is 0 Å². The van der Waals surface area contributed by atoms with Gasteiger partial charge in [0.25, 0.3) is 0 Å². The maximum atomic E-state index is 12.5. The summed E-state index contributed by atoms with van der Waals surface area (Å²) in [6, 6.07) is 0. The third-order valence-corrected chi connectivity index (χ3v) is 8.85. The number of allylic oxidation sites excluding steroid dienone is 2. The first-order chi connectivity index (χ1) is 21.2. The Morgan fingerprint density at radius 3 is 1.26 bits per heavy atom. The van der Waals surface area contributed by atoms with Gasteiger partial charge in [-0.3, -0.25) is 9.59 Å². The van der Waals surface area contributed by atoms with E-state index in [1.54, 1.807) is 0 Å². The molecule has 0 bridgehead atoms. The van der Waals surface area contributed by atoms with Crippen LogP contribution in [-0.2, 0) is 14.3 Å². The fraction of sp³-hybridized carbons (Fsp3) is 0.897. The van der Waals surface area contributed by atoms with Crippen LogP contribution in [0.1, 0.15) is 206 Å². The number of ketones is 1. The van der Waals surface area contributed by atoms with Crippen LogP contribution >= 0.6 is 0 Å². The molecule has 4 nitrogen and oxygen atoms in total. The zero-order valence-electron chi connectivity index (χ0n) is 29.2. The number of esters is 1. The van der Waals surface area contributed by atoms with E-state index in [1.807, 2.05) is 0 Å². The molecule has 2 N–H and O–H groups in total. The van der Waals surface area contributed by atoms with Crippen molar-refractivity contribution in [2.45, 2.75) is 206 Å². The third-order valence-electron chi connectivity index (χ3n) is 8.85. The Morgan fingerprint density at radius 2 is 0.860 bits per heavy atom. The molecule has 0 amide bonds. The number of ether oxygens (including phenoxy) is 1. The summed E-state index contributed by atoms with van der Waals surface area (Å²) in [6.07, 6.45) is 41.6. The van der Waals surface area contributed by atoms with Gasteiger partial charge in [0.05, 0.1) is 5.92 Å². The second-order valence-corrected chi connectivity index (χ2v) is 13.1. The van der Waals surface area contributed by atoms with E-state index in [0.29, 0.717) is 12.8 Å². The summed E-state index contributed by atoms with van der Waals surface area (Å²) < 4.78 is 5.42. The smallest absolute Gasteiger partial charge is 0.305 e. The summed E-state index contributed by atoms with van der Waals surface area (Å²) in [5, 5.41) is 0. The van der Waals surface area contributed by atoms with Gasteiger partial charge in [0, 0.05) is 19.4 Å². The molecule has 0 rings (SSSR count). The molecule has 0 aliphatic heterocycles. The van der Waals surface area contributed by atoms with E-state index in [-0.39, 0.29) is 30.8 Å². The minimum Gasteiger partial charge on any atom is -0.465 e. The highest BCUT2D eigenvalue weighted by Gasteiger charge is 2.18. The van der Waals surface area contributed by atoms with E-state index in [0.717, 1.165) is 25.7 Å². The number of carbonyl (C=O) groups excluding carboxylic acids is 2. The van der Waals surface area contributed by atoms with E-state index < -0.39 is 0 Å². The number of hydrogen-bond donors (Lipinski definition) is 1. The van der Waals surface area contributed by atoms with Gasteiger partial charge < -0.3 is 10.5 Å². The Hall–Kier alpha value is -1.16. The molecule has 0 saturated heterocycles. The molecule has 0 saturated carbocycles. The molecule has 4 heteroatoms. The second-order valence-electron chi connectivity index (χ2n) is 13.1. The summed E-state index contributed by atoms with van der Waals surface area (Å²) in [5.74, 6) is -0.372. The van der Waals surface area contributed by atoms with Crippen LogP contribution in [0.15, 0.2) is 12.2 Å². The van der Waals surface area contributed by atoms with Crippen LogP contribution in [-0.4, -0.2) is 24.9 Å². The minimum atomic E-state index is -0.346. The monoisotopic (exact) mass is 606 g/mol. The number of unbranched alkanes of at least 4 members (excludes halogenated alkanes) is 25. The van der Waals surface area contributed by atoms with Gasteiger partial charge in [-0.2, -0.15) is 0 Å². The first-order valence-corrected chi connectivity index (χ1v) is 19.2. The lowest BCUT2D eigenvalue weighted by atomic mass is 9.99. The molecule has 0 radical (unpaired) electrons. The molecular formula is C39H75NO3. The number of Topliss-reactive ketones (excluding diaryl/α,β-unsaturated/α-hetero) is 1. The van der Waals surface area contributed by atoms with Crippen molar-refractivity contribution in [3.8, 4) is 0 Å². The van der Waals surface area contributed by atoms with Crippen LogP contribution in [0.4, 0.5) is 0 Å². The first-order valence-electron chi connectivity index (χ1n) is 19.2. The number of rotatable bonds is 35. The summed E-state index contributed by atoms with van der Waals surface area (Å²) in [7, 11) is 0. The Balaban J connectivity index is 3.55. The zero-order valence-corrected chi connectivity index (χ0v) is 29.2. The van der Waals surface area contributed by atoms with E-state index >= 15 is 0 Å². The van der Waals surface area contributed by atoms with E-state index in [4.69, 9.17) is 10.5 Å². The van der Waals surface area contributed by atoms with Crippen molar-refractivity contribution in [3.63, 3.8) is 0 Å². The topological polar surface area (TPSA) is 69.4 Å². The molecule has 0 aliphatic carbocycles. The molecule has 1 atom stereocenters.